The third-order valence-corrected chi connectivity index (χ3v) is 2.64. The molecule has 7 nitrogen and oxygen atoms in total. The predicted molar refractivity (Wildman–Crippen MR) is 76.1 cm³/mol. The van der Waals surface area contributed by atoms with E-state index in [1.165, 1.54) is 0 Å². The van der Waals surface area contributed by atoms with Crippen molar-refractivity contribution >= 4 is 23.4 Å². The van der Waals surface area contributed by atoms with Crippen LogP contribution in [0.3, 0.4) is 0 Å². The van der Waals surface area contributed by atoms with E-state index in [9.17, 15) is 9.59 Å². The van der Waals surface area contributed by atoms with Gasteiger partial charge >= 0.3 is 12.0 Å². The number of carbonyl (C=O) groups is 2. The van der Waals surface area contributed by atoms with Crippen LogP contribution in [0.15, 0.2) is 24.3 Å². The van der Waals surface area contributed by atoms with E-state index in [0.29, 0.717) is 5.69 Å². The van der Waals surface area contributed by atoms with Crippen LogP contribution in [-0.4, -0.2) is 49.0 Å². The zero-order valence-corrected chi connectivity index (χ0v) is 11.5. The fourth-order valence-electron chi connectivity index (χ4n) is 1.57. The fraction of sp³-hybridized carbons (Fsp3) is 0.385. The largest absolute Gasteiger partial charge is 0.480 e. The summed E-state index contributed by atoms with van der Waals surface area (Å²) < 4.78 is 0. The van der Waals surface area contributed by atoms with E-state index in [0.717, 1.165) is 5.69 Å². The van der Waals surface area contributed by atoms with Gasteiger partial charge in [-0.25, -0.2) is 9.59 Å². The van der Waals surface area contributed by atoms with Gasteiger partial charge in [0.15, 0.2) is 0 Å². The molecule has 1 atom stereocenters. The van der Waals surface area contributed by atoms with Crippen LogP contribution in [0, 0.1) is 0 Å². The third-order valence-electron chi connectivity index (χ3n) is 2.64. The van der Waals surface area contributed by atoms with Crippen LogP contribution in [0.4, 0.5) is 16.2 Å². The molecule has 0 radical (unpaired) electrons. The number of benzene rings is 1. The van der Waals surface area contributed by atoms with Gasteiger partial charge in [0.25, 0.3) is 0 Å². The quantitative estimate of drug-likeness (QED) is 0.615. The highest BCUT2D eigenvalue weighted by molar-refractivity contribution is 5.92. The lowest BCUT2D eigenvalue weighted by atomic mass is 10.2. The van der Waals surface area contributed by atoms with Gasteiger partial charge in [-0.3, -0.25) is 0 Å². The summed E-state index contributed by atoms with van der Waals surface area (Å²) in [7, 11) is 3.75. The Hall–Kier alpha value is -2.28. The lowest BCUT2D eigenvalue weighted by Crippen LogP contribution is -2.43. The van der Waals surface area contributed by atoms with Gasteiger partial charge in [-0.15, -0.1) is 0 Å². The lowest BCUT2D eigenvalue weighted by molar-refractivity contribution is -0.139. The second-order valence-corrected chi connectivity index (χ2v) is 4.45. The van der Waals surface area contributed by atoms with E-state index in [4.69, 9.17) is 10.2 Å². The van der Waals surface area contributed by atoms with Crippen LogP contribution >= 0.6 is 0 Å². The second-order valence-electron chi connectivity index (χ2n) is 4.45. The molecule has 0 aromatic heterocycles. The summed E-state index contributed by atoms with van der Waals surface area (Å²) in [5, 5.41) is 22.5. The van der Waals surface area contributed by atoms with Crippen LogP contribution in [0.1, 0.15) is 6.42 Å². The van der Waals surface area contributed by atoms with Gasteiger partial charge in [0, 0.05) is 38.5 Å². The molecule has 0 heterocycles. The first-order valence-electron chi connectivity index (χ1n) is 6.12. The molecule has 1 aromatic rings. The van der Waals surface area contributed by atoms with E-state index >= 15 is 0 Å². The smallest absolute Gasteiger partial charge is 0.326 e. The van der Waals surface area contributed by atoms with Crippen molar-refractivity contribution in [2.24, 2.45) is 0 Å². The number of aliphatic hydroxyl groups is 1. The fourth-order valence-corrected chi connectivity index (χ4v) is 1.57. The molecule has 0 aliphatic carbocycles. The topological polar surface area (TPSA) is 102 Å². The van der Waals surface area contributed by atoms with Crippen molar-refractivity contribution in [3.63, 3.8) is 0 Å². The number of hydrogen-bond donors (Lipinski definition) is 4. The Morgan fingerprint density at radius 3 is 2.60 bits per heavy atom. The van der Waals surface area contributed by atoms with E-state index in [-0.39, 0.29) is 13.0 Å². The summed E-state index contributed by atoms with van der Waals surface area (Å²) in [6.45, 7) is -0.312. The molecule has 0 aliphatic rings. The molecular formula is C13H19N3O4. The molecule has 0 saturated heterocycles. The number of aliphatic carboxylic acids is 1. The maximum atomic E-state index is 11.7. The van der Waals surface area contributed by atoms with E-state index in [1.807, 2.05) is 25.1 Å². The average molecular weight is 281 g/mol. The maximum absolute atomic E-state index is 11.7. The molecule has 1 rings (SSSR count). The molecule has 1 aromatic carbocycles. The average Bonchev–Trinajstić information content (AvgIpc) is 2.38. The van der Waals surface area contributed by atoms with Gasteiger partial charge in [0.05, 0.1) is 0 Å². The SMILES string of the molecule is CN(C)c1cccc(NC(=O)NC(CCO)C(=O)O)c1. The molecule has 0 saturated carbocycles. The highest BCUT2D eigenvalue weighted by Gasteiger charge is 2.19. The number of nitrogens with zero attached hydrogens (tertiary/aromatic N) is 1. The maximum Gasteiger partial charge on any atom is 0.326 e. The van der Waals surface area contributed by atoms with Crippen LogP contribution in [0.5, 0.6) is 0 Å². The molecular weight excluding hydrogens is 262 g/mol. The van der Waals surface area contributed by atoms with Crippen molar-refractivity contribution in [3.05, 3.63) is 24.3 Å². The Bertz CT molecular complexity index is 476. The molecule has 0 aliphatic heterocycles. The molecule has 20 heavy (non-hydrogen) atoms. The summed E-state index contributed by atoms with van der Waals surface area (Å²) in [6.07, 6.45) is -0.0412. The summed E-state index contributed by atoms with van der Waals surface area (Å²) in [5.74, 6) is -1.18. The van der Waals surface area contributed by atoms with Crippen molar-refractivity contribution in [1.82, 2.24) is 5.32 Å². The Kier molecular flexibility index (Phi) is 5.79. The molecule has 0 fully saturated rings. The Morgan fingerprint density at radius 2 is 2.05 bits per heavy atom. The highest BCUT2D eigenvalue weighted by Crippen LogP contribution is 2.17. The van der Waals surface area contributed by atoms with Crippen LogP contribution in [-0.2, 0) is 4.79 Å². The minimum absolute atomic E-state index is 0.0412. The molecule has 0 spiro atoms. The number of rotatable bonds is 6. The van der Waals surface area contributed by atoms with Crippen LogP contribution < -0.4 is 15.5 Å². The van der Waals surface area contributed by atoms with Crippen molar-refractivity contribution in [1.29, 1.82) is 0 Å². The van der Waals surface area contributed by atoms with E-state index in [1.54, 1.807) is 18.2 Å². The number of nitrogens with one attached hydrogen (secondary N) is 2. The standard InChI is InChI=1S/C13H19N3O4/c1-16(2)10-5-3-4-9(8-10)14-13(20)15-11(6-7-17)12(18)19/h3-5,8,11,17H,6-7H2,1-2H3,(H,18,19)(H2,14,15,20). The number of carbonyl (C=O) groups excluding carboxylic acids is 1. The summed E-state index contributed by atoms with van der Waals surface area (Å²) in [4.78, 5) is 24.4. The summed E-state index contributed by atoms with van der Waals surface area (Å²) in [6, 6.07) is 5.40. The van der Waals surface area contributed by atoms with E-state index < -0.39 is 18.0 Å². The first-order valence-corrected chi connectivity index (χ1v) is 6.12. The van der Waals surface area contributed by atoms with Crippen LogP contribution in [0.25, 0.3) is 0 Å². The molecule has 1 unspecified atom stereocenters. The zero-order chi connectivity index (χ0) is 15.1. The number of amides is 2. The Morgan fingerprint density at radius 1 is 1.35 bits per heavy atom. The number of urea groups is 1. The third kappa shape index (κ3) is 4.77. The van der Waals surface area contributed by atoms with Gasteiger partial charge in [0.1, 0.15) is 6.04 Å². The number of anilines is 2. The zero-order valence-electron chi connectivity index (χ0n) is 11.5. The number of carboxylic acid groups (broad SMARTS) is 1. The van der Waals surface area contributed by atoms with Crippen molar-refractivity contribution < 1.29 is 19.8 Å². The highest BCUT2D eigenvalue weighted by atomic mass is 16.4. The van der Waals surface area contributed by atoms with Gasteiger partial charge in [-0.05, 0) is 18.2 Å². The monoisotopic (exact) mass is 281 g/mol. The van der Waals surface area contributed by atoms with Gasteiger partial charge in [-0.1, -0.05) is 6.07 Å². The number of carboxylic acids is 1. The first kappa shape index (κ1) is 15.8. The molecule has 7 heteroatoms. The Labute approximate surface area is 117 Å². The minimum atomic E-state index is -1.18. The normalized spacial score (nSPS) is 11.6. The number of hydrogen-bond acceptors (Lipinski definition) is 4. The molecule has 110 valence electrons. The lowest BCUT2D eigenvalue weighted by Gasteiger charge is -2.16. The molecule has 0 bridgehead atoms. The second kappa shape index (κ2) is 7.34. The Balaban J connectivity index is 2.65. The van der Waals surface area contributed by atoms with Crippen LogP contribution in [0.2, 0.25) is 0 Å². The van der Waals surface area contributed by atoms with Crippen molar-refractivity contribution in [2.75, 3.05) is 30.9 Å². The van der Waals surface area contributed by atoms with Crippen molar-refractivity contribution in [2.45, 2.75) is 12.5 Å². The summed E-state index contributed by atoms with van der Waals surface area (Å²) >= 11 is 0. The minimum Gasteiger partial charge on any atom is -0.480 e. The first-order chi connectivity index (χ1) is 9.43. The number of aliphatic hydroxyl groups excluding tert-OH is 1. The summed E-state index contributed by atoms with van der Waals surface area (Å²) in [5.41, 5.74) is 1.47. The van der Waals surface area contributed by atoms with E-state index in [2.05, 4.69) is 10.6 Å². The van der Waals surface area contributed by atoms with Gasteiger partial charge in [-0.2, -0.15) is 0 Å². The van der Waals surface area contributed by atoms with Gasteiger partial charge in [0.2, 0.25) is 0 Å². The van der Waals surface area contributed by atoms with Crippen molar-refractivity contribution in [3.8, 4) is 0 Å². The molecule has 4 N–H and O–H groups in total. The van der Waals surface area contributed by atoms with Gasteiger partial charge < -0.3 is 25.7 Å². The predicted octanol–water partition coefficient (Wildman–Crippen LogP) is 0.710. The molecule has 2 amide bonds.